The van der Waals surface area contributed by atoms with Crippen molar-refractivity contribution < 1.29 is 14.3 Å². The molecule has 0 aliphatic rings. The maximum Gasteiger partial charge on any atom is 0.339 e. The number of methoxy groups -OCH3 is 1. The average molecular weight is 286 g/mol. The molecule has 110 valence electrons. The minimum Gasteiger partial charge on any atom is -0.487 e. The topological polar surface area (TPSA) is 74.4 Å². The number of nitrogens with two attached hydrogens (primary N) is 1. The zero-order valence-electron chi connectivity index (χ0n) is 12.3. The molecule has 0 saturated carbocycles. The summed E-state index contributed by atoms with van der Waals surface area (Å²) in [7, 11) is 1.34. The molecule has 2 aromatic rings. The second-order valence-corrected chi connectivity index (χ2v) is 4.79. The fourth-order valence-corrected chi connectivity index (χ4v) is 1.87. The van der Waals surface area contributed by atoms with E-state index in [1.807, 2.05) is 26.0 Å². The van der Waals surface area contributed by atoms with Crippen LogP contribution >= 0.6 is 0 Å². The van der Waals surface area contributed by atoms with Gasteiger partial charge in [0.05, 0.1) is 18.4 Å². The van der Waals surface area contributed by atoms with Crippen LogP contribution in [0.25, 0.3) is 0 Å². The summed E-state index contributed by atoms with van der Waals surface area (Å²) < 4.78 is 10.4. The van der Waals surface area contributed by atoms with Gasteiger partial charge < -0.3 is 15.2 Å². The molecule has 1 heterocycles. The van der Waals surface area contributed by atoms with Gasteiger partial charge in [0.15, 0.2) is 0 Å². The number of carbonyl (C=O) groups is 1. The molecular weight excluding hydrogens is 268 g/mol. The Hall–Kier alpha value is -2.56. The molecule has 0 amide bonds. The van der Waals surface area contributed by atoms with Crippen molar-refractivity contribution in [2.75, 3.05) is 12.8 Å². The summed E-state index contributed by atoms with van der Waals surface area (Å²) >= 11 is 0. The lowest BCUT2D eigenvalue weighted by atomic mass is 10.1. The van der Waals surface area contributed by atoms with Gasteiger partial charge in [-0.05, 0) is 49.2 Å². The Kier molecular flexibility index (Phi) is 4.42. The fraction of sp³-hybridized carbons (Fsp3) is 0.250. The lowest BCUT2D eigenvalue weighted by Crippen LogP contribution is -2.04. The first kappa shape index (κ1) is 14.8. The van der Waals surface area contributed by atoms with Crippen LogP contribution in [0.1, 0.15) is 27.2 Å². The molecule has 2 rings (SSSR count). The monoisotopic (exact) mass is 286 g/mol. The number of ether oxygens (including phenoxy) is 2. The van der Waals surface area contributed by atoms with Crippen molar-refractivity contribution in [2.24, 2.45) is 0 Å². The quantitative estimate of drug-likeness (QED) is 0.691. The highest BCUT2D eigenvalue weighted by molar-refractivity contribution is 5.88. The smallest absolute Gasteiger partial charge is 0.339 e. The first-order valence-corrected chi connectivity index (χ1v) is 6.54. The number of hydrogen-bond donors (Lipinski definition) is 1. The van der Waals surface area contributed by atoms with E-state index < -0.39 is 5.97 Å². The number of nitrogens with zero attached hydrogens (tertiary/aromatic N) is 1. The molecule has 5 nitrogen and oxygen atoms in total. The molecule has 1 aromatic heterocycles. The van der Waals surface area contributed by atoms with Crippen LogP contribution in [0.2, 0.25) is 0 Å². The first-order valence-electron chi connectivity index (χ1n) is 6.54. The molecule has 0 spiro atoms. The van der Waals surface area contributed by atoms with E-state index in [0.717, 1.165) is 28.3 Å². The van der Waals surface area contributed by atoms with Crippen LogP contribution in [0.15, 0.2) is 30.5 Å². The van der Waals surface area contributed by atoms with Crippen LogP contribution in [0, 0.1) is 13.8 Å². The number of carbonyl (C=O) groups excluding carboxylic acids is 1. The standard InChI is InChI=1S/C16H18N2O3/c1-10-7-15(11(2)6-14(10)17)21-9-13-5-4-12(8-18-13)16(19)20-3/h4-8H,9,17H2,1-3H3. The number of anilines is 1. The minimum atomic E-state index is -0.403. The maximum atomic E-state index is 11.3. The Morgan fingerprint density at radius 1 is 1.24 bits per heavy atom. The number of aromatic nitrogens is 1. The zero-order valence-corrected chi connectivity index (χ0v) is 12.3. The highest BCUT2D eigenvalue weighted by Crippen LogP contribution is 2.24. The van der Waals surface area contributed by atoms with E-state index in [1.54, 1.807) is 12.1 Å². The van der Waals surface area contributed by atoms with Crippen LogP contribution < -0.4 is 10.5 Å². The highest BCUT2D eigenvalue weighted by Gasteiger charge is 2.07. The lowest BCUT2D eigenvalue weighted by Gasteiger charge is -2.11. The zero-order chi connectivity index (χ0) is 15.4. The van der Waals surface area contributed by atoms with E-state index in [1.165, 1.54) is 13.3 Å². The van der Waals surface area contributed by atoms with Crippen LogP contribution in [0.5, 0.6) is 5.75 Å². The van der Waals surface area contributed by atoms with Gasteiger partial charge in [-0.2, -0.15) is 0 Å². The van der Waals surface area contributed by atoms with Gasteiger partial charge >= 0.3 is 5.97 Å². The first-order chi connectivity index (χ1) is 10.0. The largest absolute Gasteiger partial charge is 0.487 e. The predicted octanol–water partition coefficient (Wildman–Crippen LogP) is 2.65. The molecule has 5 heteroatoms. The van der Waals surface area contributed by atoms with Crippen LogP contribution in [0.3, 0.4) is 0 Å². The number of benzene rings is 1. The Bertz CT molecular complexity index is 651. The van der Waals surface area contributed by atoms with Crippen molar-refractivity contribution in [3.8, 4) is 5.75 Å². The Balaban J connectivity index is 2.06. The minimum absolute atomic E-state index is 0.325. The predicted molar refractivity (Wildman–Crippen MR) is 80.2 cm³/mol. The average Bonchev–Trinajstić information content (AvgIpc) is 2.49. The number of pyridine rings is 1. The lowest BCUT2D eigenvalue weighted by molar-refractivity contribution is 0.0600. The third-order valence-electron chi connectivity index (χ3n) is 3.18. The number of rotatable bonds is 4. The van der Waals surface area contributed by atoms with Crippen molar-refractivity contribution in [3.05, 3.63) is 52.8 Å². The van der Waals surface area contributed by atoms with Gasteiger partial charge in [0.25, 0.3) is 0 Å². The van der Waals surface area contributed by atoms with Crippen molar-refractivity contribution in [3.63, 3.8) is 0 Å². The summed E-state index contributed by atoms with van der Waals surface area (Å²) in [5.74, 6) is 0.375. The summed E-state index contributed by atoms with van der Waals surface area (Å²) in [4.78, 5) is 15.5. The molecule has 1 aromatic carbocycles. The van der Waals surface area contributed by atoms with Gasteiger partial charge in [-0.15, -0.1) is 0 Å². The maximum absolute atomic E-state index is 11.3. The second kappa shape index (κ2) is 6.26. The fourth-order valence-electron chi connectivity index (χ4n) is 1.87. The molecule has 2 N–H and O–H groups in total. The molecule has 0 radical (unpaired) electrons. The van der Waals surface area contributed by atoms with Gasteiger partial charge in [0.1, 0.15) is 12.4 Å². The van der Waals surface area contributed by atoms with Gasteiger partial charge in [0, 0.05) is 11.9 Å². The van der Waals surface area contributed by atoms with Crippen LogP contribution in [-0.2, 0) is 11.3 Å². The van der Waals surface area contributed by atoms with Gasteiger partial charge in [0.2, 0.25) is 0 Å². The summed E-state index contributed by atoms with van der Waals surface area (Å²) in [6.45, 7) is 4.20. The molecule has 0 aliphatic heterocycles. The summed E-state index contributed by atoms with van der Waals surface area (Å²) in [5.41, 5.74) is 9.70. The molecule has 0 bridgehead atoms. The molecule has 0 saturated heterocycles. The van der Waals surface area contributed by atoms with Gasteiger partial charge in [-0.25, -0.2) is 4.79 Å². The molecule has 0 fully saturated rings. The van der Waals surface area contributed by atoms with E-state index >= 15 is 0 Å². The van der Waals surface area contributed by atoms with Crippen molar-refractivity contribution >= 4 is 11.7 Å². The summed E-state index contributed by atoms with van der Waals surface area (Å²) in [6, 6.07) is 7.20. The second-order valence-electron chi connectivity index (χ2n) is 4.79. The normalized spacial score (nSPS) is 10.2. The van der Waals surface area contributed by atoms with Crippen molar-refractivity contribution in [1.82, 2.24) is 4.98 Å². The van der Waals surface area contributed by atoms with Crippen molar-refractivity contribution in [2.45, 2.75) is 20.5 Å². The van der Waals surface area contributed by atoms with E-state index in [9.17, 15) is 4.79 Å². The third-order valence-corrected chi connectivity index (χ3v) is 3.18. The van der Waals surface area contributed by atoms with Crippen LogP contribution in [-0.4, -0.2) is 18.1 Å². The Morgan fingerprint density at radius 3 is 2.62 bits per heavy atom. The van der Waals surface area contributed by atoms with Crippen LogP contribution in [0.4, 0.5) is 5.69 Å². The Morgan fingerprint density at radius 2 is 2.00 bits per heavy atom. The number of aryl methyl sites for hydroxylation is 2. The molecule has 0 unspecified atom stereocenters. The van der Waals surface area contributed by atoms with E-state index in [-0.39, 0.29) is 0 Å². The molecular formula is C16H18N2O3. The third kappa shape index (κ3) is 3.51. The highest BCUT2D eigenvalue weighted by atomic mass is 16.5. The number of hydrogen-bond acceptors (Lipinski definition) is 5. The van der Waals surface area contributed by atoms with Gasteiger partial charge in [-0.3, -0.25) is 4.98 Å². The Labute approximate surface area is 123 Å². The number of esters is 1. The van der Waals surface area contributed by atoms with E-state index in [0.29, 0.717) is 12.2 Å². The SMILES string of the molecule is COC(=O)c1ccc(COc2cc(C)c(N)cc2C)nc1. The van der Waals surface area contributed by atoms with Gasteiger partial charge in [-0.1, -0.05) is 0 Å². The molecule has 21 heavy (non-hydrogen) atoms. The summed E-state index contributed by atoms with van der Waals surface area (Å²) in [5, 5.41) is 0. The van der Waals surface area contributed by atoms with Crippen molar-refractivity contribution in [1.29, 1.82) is 0 Å². The van der Waals surface area contributed by atoms with E-state index in [4.69, 9.17) is 10.5 Å². The molecule has 0 atom stereocenters. The molecule has 0 aliphatic carbocycles. The summed E-state index contributed by atoms with van der Waals surface area (Å²) in [6.07, 6.45) is 1.48. The number of nitrogen functional groups attached to an aromatic ring is 1. The van der Waals surface area contributed by atoms with E-state index in [2.05, 4.69) is 9.72 Å².